The van der Waals surface area contributed by atoms with Gasteiger partial charge in [-0.1, -0.05) is 12.8 Å². The first-order chi connectivity index (χ1) is 8.25. The molecule has 0 spiro atoms. The van der Waals surface area contributed by atoms with Crippen LogP contribution in [-0.2, 0) is 0 Å². The predicted octanol–water partition coefficient (Wildman–Crippen LogP) is 2.45. The molecule has 0 atom stereocenters. The van der Waals surface area contributed by atoms with Crippen molar-refractivity contribution < 1.29 is 9.90 Å². The second kappa shape index (κ2) is 5.82. The van der Waals surface area contributed by atoms with Crippen LogP contribution < -0.4 is 0 Å². The van der Waals surface area contributed by atoms with E-state index in [4.69, 9.17) is 0 Å². The Morgan fingerprint density at radius 1 is 1.06 bits per heavy atom. The minimum absolute atomic E-state index is 0.145. The topological polar surface area (TPSA) is 40.5 Å². The second-order valence-electron chi connectivity index (χ2n) is 4.66. The summed E-state index contributed by atoms with van der Waals surface area (Å²) >= 11 is 0. The Kier molecular flexibility index (Phi) is 4.15. The van der Waals surface area contributed by atoms with Crippen LogP contribution >= 0.6 is 0 Å². The van der Waals surface area contributed by atoms with Gasteiger partial charge in [0.15, 0.2) is 5.78 Å². The third-order valence-electron chi connectivity index (χ3n) is 3.26. The normalized spacial score (nSPS) is 17.6. The lowest BCUT2D eigenvalue weighted by Crippen LogP contribution is -2.30. The van der Waals surface area contributed by atoms with E-state index >= 15 is 0 Å². The number of carbonyl (C=O) groups excluding carboxylic acids is 1. The quantitative estimate of drug-likeness (QED) is 0.815. The molecule has 1 fully saturated rings. The fourth-order valence-corrected chi connectivity index (χ4v) is 2.24. The van der Waals surface area contributed by atoms with Crippen molar-refractivity contribution in [1.29, 1.82) is 0 Å². The fourth-order valence-electron chi connectivity index (χ4n) is 2.24. The molecule has 0 amide bonds. The third-order valence-corrected chi connectivity index (χ3v) is 3.26. The van der Waals surface area contributed by atoms with Crippen molar-refractivity contribution >= 4 is 5.78 Å². The molecule has 1 saturated heterocycles. The van der Waals surface area contributed by atoms with Gasteiger partial charge in [0.25, 0.3) is 0 Å². The van der Waals surface area contributed by atoms with Gasteiger partial charge in [0.05, 0.1) is 6.54 Å². The van der Waals surface area contributed by atoms with Crippen molar-refractivity contribution in [1.82, 2.24) is 4.90 Å². The number of ketones is 1. The zero-order chi connectivity index (χ0) is 12.1. The molecule has 17 heavy (non-hydrogen) atoms. The SMILES string of the molecule is O=C(CN1CCCCCC1)c1ccc(O)cc1. The minimum atomic E-state index is 0.145. The maximum Gasteiger partial charge on any atom is 0.176 e. The average molecular weight is 233 g/mol. The highest BCUT2D eigenvalue weighted by Crippen LogP contribution is 2.13. The van der Waals surface area contributed by atoms with Crippen LogP contribution in [-0.4, -0.2) is 35.4 Å². The molecule has 1 aliphatic heterocycles. The summed E-state index contributed by atoms with van der Waals surface area (Å²) in [5.74, 6) is 0.350. The van der Waals surface area contributed by atoms with Gasteiger partial charge in [-0.25, -0.2) is 0 Å². The Morgan fingerprint density at radius 2 is 1.65 bits per heavy atom. The number of carbonyl (C=O) groups is 1. The van der Waals surface area contributed by atoms with E-state index in [0.717, 1.165) is 13.1 Å². The van der Waals surface area contributed by atoms with Crippen molar-refractivity contribution in [2.24, 2.45) is 0 Å². The lowest BCUT2D eigenvalue weighted by Gasteiger charge is -2.18. The summed E-state index contributed by atoms with van der Waals surface area (Å²) in [6, 6.07) is 6.51. The average Bonchev–Trinajstić information content (AvgIpc) is 2.58. The molecule has 0 aromatic heterocycles. The van der Waals surface area contributed by atoms with E-state index in [-0.39, 0.29) is 11.5 Å². The summed E-state index contributed by atoms with van der Waals surface area (Å²) in [4.78, 5) is 14.3. The van der Waals surface area contributed by atoms with Crippen molar-refractivity contribution in [2.75, 3.05) is 19.6 Å². The zero-order valence-electron chi connectivity index (χ0n) is 10.1. The van der Waals surface area contributed by atoms with Crippen molar-refractivity contribution in [3.63, 3.8) is 0 Å². The summed E-state index contributed by atoms with van der Waals surface area (Å²) in [6.07, 6.45) is 4.96. The van der Waals surface area contributed by atoms with Gasteiger partial charge in [0.2, 0.25) is 0 Å². The number of hydrogen-bond donors (Lipinski definition) is 1. The molecule has 3 nitrogen and oxygen atoms in total. The highest BCUT2D eigenvalue weighted by molar-refractivity contribution is 5.97. The molecule has 0 aliphatic carbocycles. The molecule has 1 N–H and O–H groups in total. The number of benzene rings is 1. The Labute approximate surface area is 102 Å². The number of likely N-dealkylation sites (tertiary alicyclic amines) is 1. The van der Waals surface area contributed by atoms with Crippen LogP contribution in [0.1, 0.15) is 36.0 Å². The molecule has 2 rings (SSSR count). The lowest BCUT2D eigenvalue weighted by molar-refractivity contribution is 0.0933. The van der Waals surface area contributed by atoms with Crippen LogP contribution in [0.3, 0.4) is 0 Å². The van der Waals surface area contributed by atoms with Crippen LogP contribution in [0, 0.1) is 0 Å². The summed E-state index contributed by atoms with van der Waals surface area (Å²) in [5, 5.41) is 9.18. The van der Waals surface area contributed by atoms with Crippen molar-refractivity contribution in [3.8, 4) is 5.75 Å². The van der Waals surface area contributed by atoms with E-state index in [0.29, 0.717) is 12.1 Å². The number of Topliss-reactive ketones (excluding diaryl/α,β-unsaturated/α-hetero) is 1. The molecule has 3 heteroatoms. The van der Waals surface area contributed by atoms with Crippen LogP contribution in [0.5, 0.6) is 5.75 Å². The second-order valence-corrected chi connectivity index (χ2v) is 4.66. The van der Waals surface area contributed by atoms with Crippen molar-refractivity contribution in [3.05, 3.63) is 29.8 Å². The van der Waals surface area contributed by atoms with Gasteiger partial charge in [-0.05, 0) is 50.2 Å². The maximum atomic E-state index is 12.0. The molecule has 0 unspecified atom stereocenters. The summed E-state index contributed by atoms with van der Waals surface area (Å²) in [6.45, 7) is 2.57. The molecule has 1 aromatic carbocycles. The van der Waals surface area contributed by atoms with Gasteiger partial charge in [0.1, 0.15) is 5.75 Å². The van der Waals surface area contributed by atoms with Crippen molar-refractivity contribution in [2.45, 2.75) is 25.7 Å². The molecule has 0 saturated carbocycles. The van der Waals surface area contributed by atoms with E-state index in [1.54, 1.807) is 24.3 Å². The monoisotopic (exact) mass is 233 g/mol. The zero-order valence-corrected chi connectivity index (χ0v) is 10.1. The fraction of sp³-hybridized carbons (Fsp3) is 0.500. The Bertz CT molecular complexity index is 364. The standard InChI is InChI=1S/C14H19NO2/c16-13-7-5-12(6-8-13)14(17)11-15-9-3-1-2-4-10-15/h5-8,16H,1-4,9-11H2. The molecule has 1 heterocycles. The molecule has 1 aliphatic rings. The van der Waals surface area contributed by atoms with E-state index in [1.807, 2.05) is 0 Å². The number of rotatable bonds is 3. The molecular formula is C14H19NO2. The first-order valence-corrected chi connectivity index (χ1v) is 6.30. The van der Waals surface area contributed by atoms with Gasteiger partial charge < -0.3 is 5.11 Å². The molecule has 0 bridgehead atoms. The van der Waals surface area contributed by atoms with Gasteiger partial charge >= 0.3 is 0 Å². The van der Waals surface area contributed by atoms with E-state index in [9.17, 15) is 9.90 Å². The molecule has 1 aromatic rings. The Balaban J connectivity index is 1.93. The van der Waals surface area contributed by atoms with Gasteiger partial charge in [-0.3, -0.25) is 9.69 Å². The van der Waals surface area contributed by atoms with E-state index in [2.05, 4.69) is 4.90 Å². The first-order valence-electron chi connectivity index (χ1n) is 6.30. The largest absolute Gasteiger partial charge is 0.508 e. The molecular weight excluding hydrogens is 214 g/mol. The summed E-state index contributed by atoms with van der Waals surface area (Å²) in [7, 11) is 0. The van der Waals surface area contributed by atoms with Crippen LogP contribution in [0.25, 0.3) is 0 Å². The summed E-state index contributed by atoms with van der Waals surface area (Å²) in [5.41, 5.74) is 0.687. The molecule has 0 radical (unpaired) electrons. The summed E-state index contributed by atoms with van der Waals surface area (Å²) < 4.78 is 0. The number of phenolic OH excluding ortho intramolecular Hbond substituents is 1. The first kappa shape index (κ1) is 12.1. The van der Waals surface area contributed by atoms with Gasteiger partial charge in [0, 0.05) is 5.56 Å². The number of nitrogens with zero attached hydrogens (tertiary/aromatic N) is 1. The number of hydrogen-bond acceptors (Lipinski definition) is 3. The molecule has 92 valence electrons. The van der Waals surface area contributed by atoms with Gasteiger partial charge in [-0.2, -0.15) is 0 Å². The lowest BCUT2D eigenvalue weighted by atomic mass is 10.1. The van der Waals surface area contributed by atoms with Gasteiger partial charge in [-0.15, -0.1) is 0 Å². The Hall–Kier alpha value is -1.35. The number of phenols is 1. The smallest absolute Gasteiger partial charge is 0.176 e. The predicted molar refractivity (Wildman–Crippen MR) is 67.3 cm³/mol. The highest BCUT2D eigenvalue weighted by Gasteiger charge is 2.14. The third kappa shape index (κ3) is 3.56. The number of aromatic hydroxyl groups is 1. The van der Waals surface area contributed by atoms with Crippen LogP contribution in [0.15, 0.2) is 24.3 Å². The highest BCUT2D eigenvalue weighted by atomic mass is 16.3. The van der Waals surface area contributed by atoms with Crippen LogP contribution in [0.4, 0.5) is 0 Å². The van der Waals surface area contributed by atoms with E-state index in [1.165, 1.54) is 25.7 Å². The maximum absolute atomic E-state index is 12.0. The Morgan fingerprint density at radius 3 is 2.24 bits per heavy atom. The van der Waals surface area contributed by atoms with Crippen LogP contribution in [0.2, 0.25) is 0 Å². The minimum Gasteiger partial charge on any atom is -0.508 e. The van der Waals surface area contributed by atoms with E-state index < -0.39 is 0 Å².